The van der Waals surface area contributed by atoms with E-state index in [0.717, 1.165) is 16.8 Å². The van der Waals surface area contributed by atoms with Gasteiger partial charge in [-0.2, -0.15) is 12.6 Å². The molecule has 0 amide bonds. The lowest BCUT2D eigenvalue weighted by Gasteiger charge is -1.97. The Balaban J connectivity index is 2.45. The summed E-state index contributed by atoms with van der Waals surface area (Å²) in [6.07, 6.45) is 0. The van der Waals surface area contributed by atoms with Gasteiger partial charge in [-0.05, 0) is 31.2 Å². The summed E-state index contributed by atoms with van der Waals surface area (Å²) in [5.41, 5.74) is 2.60. The lowest BCUT2D eigenvalue weighted by Crippen LogP contribution is -1.82. The fourth-order valence-corrected chi connectivity index (χ4v) is 1.68. The summed E-state index contributed by atoms with van der Waals surface area (Å²) in [4.78, 5) is 0. The second kappa shape index (κ2) is 4.06. The highest BCUT2D eigenvalue weighted by Crippen LogP contribution is 2.26. The first kappa shape index (κ1) is 10.2. The van der Waals surface area contributed by atoms with Crippen molar-refractivity contribution < 1.29 is 8.91 Å². The molecule has 2 nitrogen and oxygen atoms in total. The highest BCUT2D eigenvalue weighted by Gasteiger charge is 2.12. The first-order chi connectivity index (χ1) is 7.22. The maximum absolute atomic E-state index is 12.7. The molecule has 1 heterocycles. The van der Waals surface area contributed by atoms with Crippen molar-refractivity contribution >= 4 is 12.6 Å². The Morgan fingerprint density at radius 2 is 2.00 bits per heavy atom. The number of thiol groups is 1. The maximum atomic E-state index is 12.7. The molecule has 0 aliphatic carbocycles. The van der Waals surface area contributed by atoms with Crippen molar-refractivity contribution in [3.8, 4) is 11.3 Å². The van der Waals surface area contributed by atoms with E-state index < -0.39 is 0 Å². The number of aromatic nitrogens is 1. The van der Waals surface area contributed by atoms with Gasteiger partial charge in [-0.25, -0.2) is 4.39 Å². The predicted octanol–water partition coefficient (Wildman–Crippen LogP) is 3.22. The molecule has 2 aromatic rings. The van der Waals surface area contributed by atoms with Crippen molar-refractivity contribution in [1.29, 1.82) is 0 Å². The summed E-state index contributed by atoms with van der Waals surface area (Å²) in [5.74, 6) is 0.959. The Bertz CT molecular complexity index is 464. The molecular formula is C11H10FNOS. The molecule has 2 rings (SSSR count). The predicted molar refractivity (Wildman–Crippen MR) is 59.3 cm³/mol. The number of rotatable bonds is 2. The van der Waals surface area contributed by atoms with Gasteiger partial charge in [0.2, 0.25) is 0 Å². The summed E-state index contributed by atoms with van der Waals surface area (Å²) >= 11 is 4.14. The fourth-order valence-electron chi connectivity index (χ4n) is 1.39. The Morgan fingerprint density at radius 1 is 1.33 bits per heavy atom. The van der Waals surface area contributed by atoms with Gasteiger partial charge in [0.25, 0.3) is 0 Å². The van der Waals surface area contributed by atoms with Crippen molar-refractivity contribution in [3.63, 3.8) is 0 Å². The number of benzene rings is 1. The van der Waals surface area contributed by atoms with E-state index in [4.69, 9.17) is 4.52 Å². The van der Waals surface area contributed by atoms with Crippen LogP contribution < -0.4 is 0 Å². The molecular weight excluding hydrogens is 213 g/mol. The van der Waals surface area contributed by atoms with E-state index in [1.54, 1.807) is 12.1 Å². The molecule has 0 atom stereocenters. The lowest BCUT2D eigenvalue weighted by molar-refractivity contribution is 0.426. The largest absolute Gasteiger partial charge is 0.356 e. The van der Waals surface area contributed by atoms with Gasteiger partial charge in [-0.15, -0.1) is 0 Å². The van der Waals surface area contributed by atoms with E-state index in [1.807, 2.05) is 6.92 Å². The first-order valence-corrected chi connectivity index (χ1v) is 5.17. The Hall–Kier alpha value is -1.29. The van der Waals surface area contributed by atoms with E-state index in [9.17, 15) is 4.39 Å². The van der Waals surface area contributed by atoms with Crippen molar-refractivity contribution in [2.75, 3.05) is 0 Å². The van der Waals surface area contributed by atoms with Gasteiger partial charge in [-0.1, -0.05) is 5.16 Å². The topological polar surface area (TPSA) is 26.0 Å². The summed E-state index contributed by atoms with van der Waals surface area (Å²) < 4.78 is 17.9. The van der Waals surface area contributed by atoms with Gasteiger partial charge in [0.1, 0.15) is 5.82 Å². The molecule has 0 radical (unpaired) electrons. The molecule has 0 bridgehead atoms. The van der Waals surface area contributed by atoms with Crippen LogP contribution in [0.25, 0.3) is 11.3 Å². The van der Waals surface area contributed by atoms with Crippen LogP contribution in [-0.2, 0) is 5.75 Å². The molecule has 0 aliphatic heterocycles. The van der Waals surface area contributed by atoms with Crippen LogP contribution in [0.1, 0.15) is 11.3 Å². The monoisotopic (exact) mass is 223 g/mol. The van der Waals surface area contributed by atoms with E-state index in [0.29, 0.717) is 11.5 Å². The number of halogens is 1. The minimum absolute atomic E-state index is 0.259. The molecule has 1 aromatic carbocycles. The zero-order valence-electron chi connectivity index (χ0n) is 8.20. The molecule has 0 saturated heterocycles. The van der Waals surface area contributed by atoms with Crippen LogP contribution in [0, 0.1) is 12.7 Å². The van der Waals surface area contributed by atoms with Crippen LogP contribution in [0.15, 0.2) is 28.8 Å². The lowest BCUT2D eigenvalue weighted by atomic mass is 10.1. The number of hydrogen-bond donors (Lipinski definition) is 1. The molecule has 0 N–H and O–H groups in total. The van der Waals surface area contributed by atoms with E-state index in [1.165, 1.54) is 12.1 Å². The second-order valence-corrected chi connectivity index (χ2v) is 3.56. The van der Waals surface area contributed by atoms with E-state index >= 15 is 0 Å². The van der Waals surface area contributed by atoms with Crippen molar-refractivity contribution in [3.05, 3.63) is 41.3 Å². The molecule has 0 unspecified atom stereocenters. The van der Waals surface area contributed by atoms with Crippen molar-refractivity contribution in [2.24, 2.45) is 0 Å². The summed E-state index contributed by atoms with van der Waals surface area (Å²) in [7, 11) is 0. The molecule has 0 spiro atoms. The van der Waals surface area contributed by atoms with Gasteiger partial charge in [0.15, 0.2) is 5.76 Å². The summed E-state index contributed by atoms with van der Waals surface area (Å²) in [5, 5.41) is 3.89. The van der Waals surface area contributed by atoms with Gasteiger partial charge in [0.05, 0.1) is 5.69 Å². The van der Waals surface area contributed by atoms with Crippen LogP contribution in [0.3, 0.4) is 0 Å². The SMILES string of the molecule is Cc1c(CS)noc1-c1ccc(F)cc1. The summed E-state index contributed by atoms with van der Waals surface area (Å²) in [6.45, 7) is 1.92. The normalized spacial score (nSPS) is 10.6. The standard InChI is InChI=1S/C11H10FNOS/c1-7-10(6-15)13-14-11(7)8-2-4-9(12)5-3-8/h2-5,15H,6H2,1H3. The van der Waals surface area contributed by atoms with Crippen LogP contribution in [0.4, 0.5) is 4.39 Å². The Labute approximate surface area is 92.5 Å². The number of hydrogen-bond acceptors (Lipinski definition) is 3. The third-order valence-electron chi connectivity index (χ3n) is 2.28. The van der Waals surface area contributed by atoms with Crippen LogP contribution >= 0.6 is 12.6 Å². The fraction of sp³-hybridized carbons (Fsp3) is 0.182. The first-order valence-electron chi connectivity index (χ1n) is 4.54. The third kappa shape index (κ3) is 1.90. The van der Waals surface area contributed by atoms with E-state index in [-0.39, 0.29) is 5.82 Å². The van der Waals surface area contributed by atoms with Crippen LogP contribution in [0.2, 0.25) is 0 Å². The molecule has 1 aromatic heterocycles. The van der Waals surface area contributed by atoms with Crippen molar-refractivity contribution in [2.45, 2.75) is 12.7 Å². The van der Waals surface area contributed by atoms with Crippen molar-refractivity contribution in [1.82, 2.24) is 5.16 Å². The average molecular weight is 223 g/mol. The molecule has 4 heteroatoms. The van der Waals surface area contributed by atoms with Crippen LogP contribution in [0.5, 0.6) is 0 Å². The zero-order chi connectivity index (χ0) is 10.8. The zero-order valence-corrected chi connectivity index (χ0v) is 9.09. The Morgan fingerprint density at radius 3 is 2.53 bits per heavy atom. The molecule has 0 fully saturated rings. The molecule has 15 heavy (non-hydrogen) atoms. The minimum atomic E-state index is -0.259. The number of nitrogens with zero attached hydrogens (tertiary/aromatic N) is 1. The van der Waals surface area contributed by atoms with Crippen LogP contribution in [-0.4, -0.2) is 5.16 Å². The van der Waals surface area contributed by atoms with Gasteiger partial charge in [-0.3, -0.25) is 0 Å². The smallest absolute Gasteiger partial charge is 0.170 e. The maximum Gasteiger partial charge on any atom is 0.170 e. The van der Waals surface area contributed by atoms with Gasteiger partial charge >= 0.3 is 0 Å². The summed E-state index contributed by atoms with van der Waals surface area (Å²) in [6, 6.07) is 6.14. The third-order valence-corrected chi connectivity index (χ3v) is 2.58. The van der Waals surface area contributed by atoms with Gasteiger partial charge < -0.3 is 4.52 Å². The second-order valence-electron chi connectivity index (χ2n) is 3.25. The average Bonchev–Trinajstić information content (AvgIpc) is 2.61. The quantitative estimate of drug-likeness (QED) is 0.791. The molecule has 0 saturated carbocycles. The Kier molecular flexibility index (Phi) is 2.77. The van der Waals surface area contributed by atoms with E-state index in [2.05, 4.69) is 17.8 Å². The molecule has 78 valence electrons. The van der Waals surface area contributed by atoms with Gasteiger partial charge in [0, 0.05) is 16.9 Å². The molecule has 0 aliphatic rings. The highest BCUT2D eigenvalue weighted by atomic mass is 32.1. The highest BCUT2D eigenvalue weighted by molar-refractivity contribution is 7.79. The minimum Gasteiger partial charge on any atom is -0.356 e.